The Morgan fingerprint density at radius 1 is 1.00 bits per heavy atom. The zero-order chi connectivity index (χ0) is 17.8. The third kappa shape index (κ3) is 4.61. The minimum atomic E-state index is 0.721. The summed E-state index contributed by atoms with van der Waals surface area (Å²) in [7, 11) is 2.25. The van der Waals surface area contributed by atoms with Gasteiger partial charge < -0.3 is 9.64 Å². The number of hydrogen-bond donors (Lipinski definition) is 0. The second-order valence-corrected chi connectivity index (χ2v) is 8.83. The maximum Gasteiger partial charge on any atom is 0.119 e. The van der Waals surface area contributed by atoms with Gasteiger partial charge in [0, 0.05) is 25.7 Å². The van der Waals surface area contributed by atoms with Crippen LogP contribution in [-0.2, 0) is 13.0 Å². The Balaban J connectivity index is 1.29. The summed E-state index contributed by atoms with van der Waals surface area (Å²) in [6.45, 7) is 5.75. The van der Waals surface area contributed by atoms with Crippen molar-refractivity contribution >= 4 is 0 Å². The first kappa shape index (κ1) is 18.3. The van der Waals surface area contributed by atoms with E-state index in [0.29, 0.717) is 0 Å². The van der Waals surface area contributed by atoms with Gasteiger partial charge >= 0.3 is 0 Å². The first-order valence-corrected chi connectivity index (χ1v) is 10.9. The lowest BCUT2D eigenvalue weighted by molar-refractivity contribution is 0.186. The van der Waals surface area contributed by atoms with Crippen molar-refractivity contribution < 1.29 is 4.74 Å². The smallest absolute Gasteiger partial charge is 0.119 e. The summed E-state index contributed by atoms with van der Waals surface area (Å²) in [5.41, 5.74) is 3.04. The van der Waals surface area contributed by atoms with Crippen molar-refractivity contribution in [2.45, 2.75) is 70.4 Å². The molecule has 0 N–H and O–H groups in total. The number of hydrogen-bond acceptors (Lipinski definition) is 3. The summed E-state index contributed by atoms with van der Waals surface area (Å²) < 4.78 is 6.12. The van der Waals surface area contributed by atoms with Crippen LogP contribution in [0, 0.1) is 5.92 Å². The quantitative estimate of drug-likeness (QED) is 0.747. The van der Waals surface area contributed by atoms with Crippen LogP contribution in [0.4, 0.5) is 0 Å². The Bertz CT molecular complexity index is 582. The van der Waals surface area contributed by atoms with Gasteiger partial charge in [0.1, 0.15) is 5.75 Å². The average molecular weight is 357 g/mol. The molecule has 1 saturated heterocycles. The minimum absolute atomic E-state index is 0.721. The predicted octanol–water partition coefficient (Wildman–Crippen LogP) is 4.49. The van der Waals surface area contributed by atoms with E-state index >= 15 is 0 Å². The summed E-state index contributed by atoms with van der Waals surface area (Å²) in [6, 6.07) is 7.54. The van der Waals surface area contributed by atoms with Crippen molar-refractivity contribution in [3.8, 4) is 5.75 Å². The van der Waals surface area contributed by atoms with E-state index in [9.17, 15) is 0 Å². The van der Waals surface area contributed by atoms with E-state index in [1.54, 1.807) is 0 Å². The first-order chi connectivity index (χ1) is 12.8. The molecular formula is C23H36N2O. The van der Waals surface area contributed by atoms with Crippen molar-refractivity contribution in [1.29, 1.82) is 0 Å². The third-order valence-electron chi connectivity index (χ3n) is 6.90. The highest BCUT2D eigenvalue weighted by Crippen LogP contribution is 2.28. The molecule has 1 aromatic carbocycles. The Labute approximate surface area is 159 Å². The van der Waals surface area contributed by atoms with Gasteiger partial charge in [0.25, 0.3) is 0 Å². The largest absolute Gasteiger partial charge is 0.494 e. The zero-order valence-electron chi connectivity index (χ0n) is 16.6. The molecule has 1 aliphatic carbocycles. The van der Waals surface area contributed by atoms with Crippen LogP contribution in [0.25, 0.3) is 0 Å². The Morgan fingerprint density at radius 3 is 2.69 bits per heavy atom. The van der Waals surface area contributed by atoms with Crippen molar-refractivity contribution in [2.24, 2.45) is 5.92 Å². The van der Waals surface area contributed by atoms with Crippen molar-refractivity contribution in [3.63, 3.8) is 0 Å². The highest BCUT2D eigenvalue weighted by Gasteiger charge is 2.22. The van der Waals surface area contributed by atoms with E-state index in [0.717, 1.165) is 37.3 Å². The summed E-state index contributed by atoms with van der Waals surface area (Å²) in [5, 5.41) is 0. The Kier molecular flexibility index (Phi) is 6.16. The van der Waals surface area contributed by atoms with Crippen molar-refractivity contribution in [3.05, 3.63) is 29.3 Å². The van der Waals surface area contributed by atoms with E-state index in [1.807, 2.05) is 0 Å². The van der Waals surface area contributed by atoms with Crippen molar-refractivity contribution in [2.75, 3.05) is 33.3 Å². The van der Waals surface area contributed by atoms with E-state index in [1.165, 1.54) is 82.1 Å². The fourth-order valence-electron chi connectivity index (χ4n) is 5.23. The van der Waals surface area contributed by atoms with Gasteiger partial charge in [-0.1, -0.05) is 25.3 Å². The van der Waals surface area contributed by atoms with Crippen LogP contribution in [0.1, 0.15) is 62.5 Å². The highest BCUT2D eigenvalue weighted by molar-refractivity contribution is 5.37. The maximum absolute atomic E-state index is 6.12. The second-order valence-electron chi connectivity index (χ2n) is 8.83. The van der Waals surface area contributed by atoms with Crippen LogP contribution in [0.3, 0.4) is 0 Å². The molecule has 0 radical (unpaired) electrons. The number of rotatable bonds is 6. The summed E-state index contributed by atoms with van der Waals surface area (Å²) >= 11 is 0. The topological polar surface area (TPSA) is 15.7 Å². The molecular weight excluding hydrogens is 320 g/mol. The van der Waals surface area contributed by atoms with Gasteiger partial charge in [0.15, 0.2) is 0 Å². The lowest BCUT2D eigenvalue weighted by Gasteiger charge is -2.33. The molecule has 0 aromatic heterocycles. The number of benzene rings is 1. The molecule has 2 aliphatic heterocycles. The molecule has 3 aliphatic rings. The van der Waals surface area contributed by atoms with Crippen molar-refractivity contribution in [1.82, 2.24) is 9.80 Å². The van der Waals surface area contributed by atoms with E-state index in [4.69, 9.17) is 4.74 Å². The van der Waals surface area contributed by atoms with Gasteiger partial charge in [-0.05, 0) is 81.3 Å². The number of nitrogens with zero attached hydrogens (tertiary/aromatic N) is 2. The average Bonchev–Trinajstić information content (AvgIpc) is 3.07. The third-order valence-corrected chi connectivity index (χ3v) is 6.90. The van der Waals surface area contributed by atoms with Gasteiger partial charge in [-0.15, -0.1) is 0 Å². The summed E-state index contributed by atoms with van der Waals surface area (Å²) in [6.07, 6.45) is 12.3. The lowest BCUT2D eigenvalue weighted by Crippen LogP contribution is -2.35. The predicted molar refractivity (Wildman–Crippen MR) is 108 cm³/mol. The molecule has 0 amide bonds. The first-order valence-electron chi connectivity index (χ1n) is 10.9. The molecule has 2 heterocycles. The molecule has 1 atom stereocenters. The van der Waals surface area contributed by atoms with E-state index in [-0.39, 0.29) is 0 Å². The molecule has 1 aromatic rings. The standard InChI is InChI=1S/C23H36N2O/c1-24-13-5-8-22(24)12-15-26-23-10-9-20-11-14-25(18-21(20)16-23)17-19-6-3-2-4-7-19/h9-10,16,19,22H,2-8,11-15,17-18H2,1H3. The van der Waals surface area contributed by atoms with Gasteiger partial charge in [-0.2, -0.15) is 0 Å². The number of fused-ring (bicyclic) bond motifs is 1. The zero-order valence-corrected chi connectivity index (χ0v) is 16.6. The van der Waals surface area contributed by atoms with Crippen LogP contribution >= 0.6 is 0 Å². The molecule has 0 bridgehead atoms. The molecule has 1 saturated carbocycles. The molecule has 144 valence electrons. The molecule has 1 unspecified atom stereocenters. The normalized spacial score (nSPS) is 25.3. The fourth-order valence-corrected chi connectivity index (χ4v) is 5.23. The maximum atomic E-state index is 6.12. The van der Waals surface area contributed by atoms with Crippen LogP contribution < -0.4 is 4.74 Å². The molecule has 4 rings (SSSR count). The van der Waals surface area contributed by atoms with Gasteiger partial charge in [0.05, 0.1) is 6.61 Å². The Hall–Kier alpha value is -1.06. The Morgan fingerprint density at radius 2 is 1.88 bits per heavy atom. The molecule has 26 heavy (non-hydrogen) atoms. The van der Waals surface area contributed by atoms with Gasteiger partial charge in [-0.25, -0.2) is 0 Å². The van der Waals surface area contributed by atoms with Crippen LogP contribution in [-0.4, -0.2) is 49.1 Å². The second kappa shape index (κ2) is 8.75. The molecule has 3 heteroatoms. The molecule has 0 spiro atoms. The molecule has 3 nitrogen and oxygen atoms in total. The summed E-state index contributed by atoms with van der Waals surface area (Å²) in [5.74, 6) is 2.01. The van der Waals surface area contributed by atoms with Crippen LogP contribution in [0.15, 0.2) is 18.2 Å². The van der Waals surface area contributed by atoms with Crippen LogP contribution in [0.5, 0.6) is 5.75 Å². The van der Waals surface area contributed by atoms with Crippen LogP contribution in [0.2, 0.25) is 0 Å². The number of ether oxygens (including phenoxy) is 1. The fraction of sp³-hybridized carbons (Fsp3) is 0.739. The molecule has 2 fully saturated rings. The highest BCUT2D eigenvalue weighted by atomic mass is 16.5. The van der Waals surface area contributed by atoms with Gasteiger partial charge in [-0.3, -0.25) is 4.90 Å². The van der Waals surface area contributed by atoms with E-state index in [2.05, 4.69) is 35.0 Å². The lowest BCUT2D eigenvalue weighted by atomic mass is 9.88. The monoisotopic (exact) mass is 356 g/mol. The SMILES string of the molecule is CN1CCCC1CCOc1ccc2c(c1)CN(CC1CCCCC1)CC2. The van der Waals surface area contributed by atoms with Gasteiger partial charge in [0.2, 0.25) is 0 Å². The van der Waals surface area contributed by atoms with E-state index < -0.39 is 0 Å². The summed E-state index contributed by atoms with van der Waals surface area (Å²) in [4.78, 5) is 5.18. The number of likely N-dealkylation sites (tertiary alicyclic amines) is 1. The minimum Gasteiger partial charge on any atom is -0.494 e.